The highest BCUT2D eigenvalue weighted by Gasteiger charge is 2.20. The Morgan fingerprint density at radius 1 is 1.29 bits per heavy atom. The number of nitro groups is 1. The van der Waals surface area contributed by atoms with Crippen molar-refractivity contribution in [1.82, 2.24) is 5.32 Å². The number of hydrogen-bond acceptors (Lipinski definition) is 6. The molecule has 0 spiro atoms. The van der Waals surface area contributed by atoms with Gasteiger partial charge in [0.15, 0.2) is 6.61 Å². The van der Waals surface area contributed by atoms with E-state index < -0.39 is 29.3 Å². The van der Waals surface area contributed by atoms with Crippen LogP contribution in [0.15, 0.2) is 34.7 Å². The number of hydrogen-bond donors (Lipinski definition) is 1. The fourth-order valence-electron chi connectivity index (χ4n) is 2.57. The third kappa shape index (κ3) is 5.97. The lowest BCUT2D eigenvalue weighted by atomic mass is 9.94. The molecule has 28 heavy (non-hydrogen) atoms. The highest BCUT2D eigenvalue weighted by Crippen LogP contribution is 2.30. The SMILES string of the molecule is CCC[C@@H](CNC(=O)COC(=O)c1ccc([N+](=O)[O-])o1)c1ccc(Cl)cc1Cl. The van der Waals surface area contributed by atoms with Crippen LogP contribution in [0.5, 0.6) is 0 Å². The van der Waals surface area contributed by atoms with Crippen LogP contribution < -0.4 is 5.32 Å². The number of furan rings is 1. The van der Waals surface area contributed by atoms with Crippen molar-refractivity contribution < 1.29 is 23.7 Å². The first-order valence-electron chi connectivity index (χ1n) is 8.44. The number of nitrogens with one attached hydrogen (secondary N) is 1. The van der Waals surface area contributed by atoms with Crippen LogP contribution in [0.25, 0.3) is 0 Å². The van der Waals surface area contributed by atoms with E-state index in [2.05, 4.69) is 5.32 Å². The van der Waals surface area contributed by atoms with Crippen LogP contribution in [-0.4, -0.2) is 30.0 Å². The summed E-state index contributed by atoms with van der Waals surface area (Å²) in [4.78, 5) is 33.5. The molecule has 0 saturated heterocycles. The fraction of sp³-hybridized carbons (Fsp3) is 0.333. The minimum Gasteiger partial charge on any atom is -0.450 e. The van der Waals surface area contributed by atoms with E-state index in [9.17, 15) is 19.7 Å². The quantitative estimate of drug-likeness (QED) is 0.360. The molecule has 1 aromatic heterocycles. The normalized spacial score (nSPS) is 11.7. The summed E-state index contributed by atoms with van der Waals surface area (Å²) >= 11 is 12.2. The number of rotatable bonds is 9. The largest absolute Gasteiger partial charge is 0.450 e. The molecule has 1 atom stereocenters. The van der Waals surface area contributed by atoms with Gasteiger partial charge in [0.05, 0.1) is 6.07 Å². The van der Waals surface area contributed by atoms with Crippen molar-refractivity contribution in [1.29, 1.82) is 0 Å². The average molecular weight is 429 g/mol. The Morgan fingerprint density at radius 3 is 2.64 bits per heavy atom. The summed E-state index contributed by atoms with van der Waals surface area (Å²) in [5.74, 6) is -2.44. The van der Waals surface area contributed by atoms with E-state index in [1.807, 2.05) is 13.0 Å². The number of halogens is 2. The van der Waals surface area contributed by atoms with Crippen LogP contribution >= 0.6 is 23.2 Å². The molecule has 1 heterocycles. The molecule has 0 fully saturated rings. The van der Waals surface area contributed by atoms with Crippen LogP contribution in [0.2, 0.25) is 10.0 Å². The summed E-state index contributed by atoms with van der Waals surface area (Å²) in [5.41, 5.74) is 0.869. The zero-order chi connectivity index (χ0) is 20.7. The van der Waals surface area contributed by atoms with Gasteiger partial charge in [-0.05, 0) is 30.2 Å². The second kappa shape index (κ2) is 10.1. The highest BCUT2D eigenvalue weighted by molar-refractivity contribution is 6.35. The molecule has 0 bridgehead atoms. The first kappa shape index (κ1) is 21.7. The molecule has 150 valence electrons. The van der Waals surface area contributed by atoms with Gasteiger partial charge in [0.2, 0.25) is 5.76 Å². The summed E-state index contributed by atoms with van der Waals surface area (Å²) in [6, 6.07) is 7.34. The van der Waals surface area contributed by atoms with Crippen molar-refractivity contribution >= 4 is 41.0 Å². The smallest absolute Gasteiger partial charge is 0.433 e. The predicted octanol–water partition coefficient (Wildman–Crippen LogP) is 4.35. The molecule has 0 aliphatic rings. The molecular formula is C18H18Cl2N2O6. The summed E-state index contributed by atoms with van der Waals surface area (Å²) in [6.45, 7) is 1.78. The minimum absolute atomic E-state index is 0.0258. The fourth-order valence-corrected chi connectivity index (χ4v) is 3.14. The molecule has 0 saturated carbocycles. The molecule has 0 aliphatic heterocycles. The monoisotopic (exact) mass is 428 g/mol. The van der Waals surface area contributed by atoms with Gasteiger partial charge in [0, 0.05) is 22.5 Å². The Balaban J connectivity index is 1.88. The van der Waals surface area contributed by atoms with Crippen molar-refractivity contribution in [2.75, 3.05) is 13.2 Å². The maximum absolute atomic E-state index is 12.0. The number of esters is 1. The van der Waals surface area contributed by atoms with Crippen LogP contribution in [0.4, 0.5) is 5.88 Å². The third-order valence-electron chi connectivity index (χ3n) is 3.89. The van der Waals surface area contributed by atoms with E-state index in [0.29, 0.717) is 16.6 Å². The van der Waals surface area contributed by atoms with Crippen LogP contribution in [-0.2, 0) is 9.53 Å². The number of ether oxygens (including phenoxy) is 1. The average Bonchev–Trinajstić information content (AvgIpc) is 3.14. The Bertz CT molecular complexity index is 868. The van der Waals surface area contributed by atoms with Crippen molar-refractivity contribution in [3.05, 3.63) is 61.8 Å². The topological polar surface area (TPSA) is 112 Å². The zero-order valence-electron chi connectivity index (χ0n) is 14.9. The molecule has 0 unspecified atom stereocenters. The van der Waals surface area contributed by atoms with E-state index in [-0.39, 0.29) is 11.7 Å². The van der Waals surface area contributed by atoms with Gasteiger partial charge in [-0.25, -0.2) is 4.79 Å². The molecule has 2 aromatic rings. The first-order chi connectivity index (χ1) is 13.3. The second-order valence-corrected chi connectivity index (χ2v) is 6.77. The number of nitrogens with zero attached hydrogens (tertiary/aromatic N) is 1. The maximum atomic E-state index is 12.0. The van der Waals surface area contributed by atoms with Crippen LogP contribution in [0.1, 0.15) is 41.8 Å². The minimum atomic E-state index is -0.964. The van der Waals surface area contributed by atoms with E-state index in [4.69, 9.17) is 32.4 Å². The molecule has 1 amide bonds. The van der Waals surface area contributed by atoms with E-state index in [1.54, 1.807) is 12.1 Å². The Morgan fingerprint density at radius 2 is 2.04 bits per heavy atom. The van der Waals surface area contributed by atoms with Crippen molar-refractivity contribution in [2.24, 2.45) is 0 Å². The van der Waals surface area contributed by atoms with E-state index in [0.717, 1.165) is 30.5 Å². The Hall–Kier alpha value is -2.58. The molecule has 1 N–H and O–H groups in total. The van der Waals surface area contributed by atoms with Gasteiger partial charge < -0.3 is 14.5 Å². The molecular weight excluding hydrogens is 411 g/mol. The van der Waals surface area contributed by atoms with E-state index >= 15 is 0 Å². The molecule has 8 nitrogen and oxygen atoms in total. The summed E-state index contributed by atoms with van der Waals surface area (Å²) in [7, 11) is 0. The molecule has 1 aromatic carbocycles. The molecule has 0 radical (unpaired) electrons. The van der Waals surface area contributed by atoms with Crippen molar-refractivity contribution in [3.63, 3.8) is 0 Å². The lowest BCUT2D eigenvalue weighted by Gasteiger charge is -2.19. The zero-order valence-corrected chi connectivity index (χ0v) is 16.5. The number of carbonyl (C=O) groups is 2. The standard InChI is InChI=1S/C18H18Cl2N2O6/c1-2-3-11(13-5-4-12(19)8-14(13)20)9-21-16(23)10-27-18(24)15-6-7-17(28-15)22(25)26/h4-8,11H,2-3,9-10H2,1H3,(H,21,23)/t11-/m0/s1. The maximum Gasteiger partial charge on any atom is 0.433 e. The molecule has 10 heteroatoms. The summed E-state index contributed by atoms with van der Waals surface area (Å²) < 4.78 is 9.53. The third-order valence-corrected chi connectivity index (χ3v) is 4.45. The van der Waals surface area contributed by atoms with Gasteiger partial charge in [-0.2, -0.15) is 0 Å². The highest BCUT2D eigenvalue weighted by atomic mass is 35.5. The molecule has 0 aliphatic carbocycles. The summed E-state index contributed by atoms with van der Waals surface area (Å²) in [5, 5.41) is 14.3. The molecule has 2 rings (SSSR count). The number of amides is 1. The Kier molecular flexibility index (Phi) is 7.83. The van der Waals surface area contributed by atoms with Crippen LogP contribution in [0, 0.1) is 10.1 Å². The first-order valence-corrected chi connectivity index (χ1v) is 9.20. The predicted molar refractivity (Wildman–Crippen MR) is 103 cm³/mol. The van der Waals surface area contributed by atoms with Gasteiger partial charge in [0.25, 0.3) is 5.91 Å². The number of benzene rings is 1. The van der Waals surface area contributed by atoms with Gasteiger partial charge in [-0.3, -0.25) is 14.9 Å². The lowest BCUT2D eigenvalue weighted by Crippen LogP contribution is -2.32. The van der Waals surface area contributed by atoms with Crippen LogP contribution in [0.3, 0.4) is 0 Å². The number of carbonyl (C=O) groups excluding carboxylic acids is 2. The lowest BCUT2D eigenvalue weighted by molar-refractivity contribution is -0.402. The van der Waals surface area contributed by atoms with Gasteiger partial charge in [-0.1, -0.05) is 42.6 Å². The van der Waals surface area contributed by atoms with Gasteiger partial charge in [-0.15, -0.1) is 0 Å². The van der Waals surface area contributed by atoms with Crippen molar-refractivity contribution in [2.45, 2.75) is 25.7 Å². The van der Waals surface area contributed by atoms with Gasteiger partial charge >= 0.3 is 11.9 Å². The second-order valence-electron chi connectivity index (χ2n) is 5.93. The summed E-state index contributed by atoms with van der Waals surface area (Å²) in [6.07, 6.45) is 1.67. The van der Waals surface area contributed by atoms with Gasteiger partial charge in [0.1, 0.15) is 4.92 Å². The van der Waals surface area contributed by atoms with E-state index in [1.165, 1.54) is 0 Å². The Labute approximate surface area is 170 Å². The van der Waals surface area contributed by atoms with Crippen molar-refractivity contribution in [3.8, 4) is 0 Å².